The van der Waals surface area contributed by atoms with Gasteiger partial charge in [-0.05, 0) is 26.8 Å². The van der Waals surface area contributed by atoms with Crippen molar-refractivity contribution in [2.75, 3.05) is 19.6 Å². The first kappa shape index (κ1) is 14.9. The van der Waals surface area contributed by atoms with E-state index in [2.05, 4.69) is 5.32 Å². The second-order valence-corrected chi connectivity index (χ2v) is 4.23. The number of carbonyl (C=O) groups is 2. The normalized spacial score (nSPS) is 11.6. The first-order valence-electron chi connectivity index (χ1n) is 5.61. The summed E-state index contributed by atoms with van der Waals surface area (Å²) in [6.07, 6.45) is 0.875. The van der Waals surface area contributed by atoms with Gasteiger partial charge in [0.05, 0.1) is 6.54 Å². The molecule has 0 radical (unpaired) electrons. The second-order valence-electron chi connectivity index (χ2n) is 4.23. The Labute approximate surface area is 96.8 Å². The summed E-state index contributed by atoms with van der Waals surface area (Å²) in [5, 5.41) is 11.8. The number of aliphatic carboxylic acids is 1. The Morgan fingerprint density at radius 2 is 1.88 bits per heavy atom. The third-order valence-electron chi connectivity index (χ3n) is 2.60. The van der Waals surface area contributed by atoms with Gasteiger partial charge in [-0.1, -0.05) is 13.8 Å². The lowest BCUT2D eigenvalue weighted by molar-refractivity contribution is -0.150. The number of hydrogen-bond donors (Lipinski definition) is 2. The highest BCUT2D eigenvalue weighted by Crippen LogP contribution is 2.13. The molecule has 5 nitrogen and oxygen atoms in total. The van der Waals surface area contributed by atoms with E-state index in [4.69, 9.17) is 5.11 Å². The van der Waals surface area contributed by atoms with Crippen molar-refractivity contribution in [3.8, 4) is 0 Å². The summed E-state index contributed by atoms with van der Waals surface area (Å²) >= 11 is 0. The van der Waals surface area contributed by atoms with Crippen molar-refractivity contribution >= 4 is 11.9 Å². The lowest BCUT2D eigenvalue weighted by Crippen LogP contribution is -2.53. The van der Waals surface area contributed by atoms with Crippen LogP contribution in [0.1, 0.15) is 34.1 Å². The predicted octanol–water partition coefficient (Wildman–Crippen LogP) is 0.698. The number of nitrogens with zero attached hydrogens (tertiary/aromatic N) is 1. The van der Waals surface area contributed by atoms with Gasteiger partial charge in [0.2, 0.25) is 5.91 Å². The predicted molar refractivity (Wildman–Crippen MR) is 62.3 cm³/mol. The Hall–Kier alpha value is -1.10. The molecule has 0 bridgehead atoms. The van der Waals surface area contributed by atoms with Gasteiger partial charge in [-0.15, -0.1) is 0 Å². The molecule has 16 heavy (non-hydrogen) atoms. The van der Waals surface area contributed by atoms with Crippen molar-refractivity contribution in [3.63, 3.8) is 0 Å². The molecule has 0 aliphatic heterocycles. The summed E-state index contributed by atoms with van der Waals surface area (Å²) in [5.74, 6) is -1.05. The van der Waals surface area contributed by atoms with E-state index < -0.39 is 11.5 Å². The van der Waals surface area contributed by atoms with Crippen molar-refractivity contribution in [1.82, 2.24) is 10.2 Å². The Kier molecular flexibility index (Phi) is 6.03. The van der Waals surface area contributed by atoms with Crippen LogP contribution in [0.25, 0.3) is 0 Å². The smallest absolute Gasteiger partial charge is 0.323 e. The van der Waals surface area contributed by atoms with Gasteiger partial charge in [-0.25, -0.2) is 0 Å². The highest BCUT2D eigenvalue weighted by Gasteiger charge is 2.34. The summed E-state index contributed by atoms with van der Waals surface area (Å²) in [4.78, 5) is 24.2. The lowest BCUT2D eigenvalue weighted by Gasteiger charge is -2.33. The summed E-state index contributed by atoms with van der Waals surface area (Å²) in [6, 6.07) is 0. The van der Waals surface area contributed by atoms with Crippen molar-refractivity contribution in [1.29, 1.82) is 0 Å². The van der Waals surface area contributed by atoms with Crippen molar-refractivity contribution < 1.29 is 14.7 Å². The number of carboxylic acids is 1. The molecule has 0 saturated heterocycles. The molecular weight excluding hydrogens is 208 g/mol. The van der Waals surface area contributed by atoms with Crippen LogP contribution in [0, 0.1) is 0 Å². The first-order valence-corrected chi connectivity index (χ1v) is 5.61. The van der Waals surface area contributed by atoms with Crippen LogP contribution in [0.2, 0.25) is 0 Å². The maximum Gasteiger partial charge on any atom is 0.323 e. The van der Waals surface area contributed by atoms with Crippen LogP contribution in [-0.4, -0.2) is 47.1 Å². The summed E-state index contributed by atoms with van der Waals surface area (Å²) < 4.78 is 0. The Morgan fingerprint density at radius 1 is 1.31 bits per heavy atom. The van der Waals surface area contributed by atoms with Gasteiger partial charge in [-0.2, -0.15) is 0 Å². The fourth-order valence-electron chi connectivity index (χ4n) is 1.33. The molecule has 0 unspecified atom stereocenters. The zero-order valence-electron chi connectivity index (χ0n) is 10.5. The van der Waals surface area contributed by atoms with Gasteiger partial charge in [0.15, 0.2) is 0 Å². The molecule has 0 aliphatic rings. The molecule has 0 heterocycles. The molecule has 0 aromatic heterocycles. The third kappa shape index (κ3) is 4.18. The number of hydrogen-bond acceptors (Lipinski definition) is 3. The highest BCUT2D eigenvalue weighted by molar-refractivity contribution is 5.81. The molecule has 0 aliphatic carbocycles. The summed E-state index contributed by atoms with van der Waals surface area (Å²) in [6.45, 7) is 8.30. The second kappa shape index (κ2) is 6.48. The van der Waals surface area contributed by atoms with Gasteiger partial charge in [0.1, 0.15) is 5.54 Å². The van der Waals surface area contributed by atoms with Gasteiger partial charge in [0.25, 0.3) is 0 Å². The van der Waals surface area contributed by atoms with Crippen molar-refractivity contribution in [2.45, 2.75) is 39.7 Å². The van der Waals surface area contributed by atoms with E-state index in [1.165, 1.54) is 0 Å². The molecule has 5 heteroatoms. The maximum absolute atomic E-state index is 11.5. The number of rotatable bonds is 7. The Balaban J connectivity index is 4.40. The molecular formula is C11H22N2O3. The molecule has 0 atom stereocenters. The lowest BCUT2D eigenvalue weighted by atomic mass is 10.0. The quantitative estimate of drug-likeness (QED) is 0.675. The minimum Gasteiger partial charge on any atom is -0.480 e. The van der Waals surface area contributed by atoms with Crippen molar-refractivity contribution in [2.24, 2.45) is 0 Å². The van der Waals surface area contributed by atoms with Crippen LogP contribution in [0.5, 0.6) is 0 Å². The number of carboxylic acid groups (broad SMARTS) is 1. The minimum atomic E-state index is -1.02. The topological polar surface area (TPSA) is 69.6 Å². The zero-order valence-corrected chi connectivity index (χ0v) is 10.5. The molecule has 1 amide bonds. The summed E-state index contributed by atoms with van der Waals surface area (Å²) in [5.41, 5.74) is -1.02. The fourth-order valence-corrected chi connectivity index (χ4v) is 1.33. The van der Waals surface area contributed by atoms with E-state index in [9.17, 15) is 9.59 Å². The van der Waals surface area contributed by atoms with E-state index in [0.717, 1.165) is 6.42 Å². The maximum atomic E-state index is 11.5. The van der Waals surface area contributed by atoms with Crippen molar-refractivity contribution in [3.05, 3.63) is 0 Å². The summed E-state index contributed by atoms with van der Waals surface area (Å²) in [7, 11) is 0. The average Bonchev–Trinajstić information content (AvgIpc) is 2.22. The molecule has 0 aromatic rings. The largest absolute Gasteiger partial charge is 0.480 e. The van der Waals surface area contributed by atoms with Crippen LogP contribution < -0.4 is 5.32 Å². The highest BCUT2D eigenvalue weighted by atomic mass is 16.4. The van der Waals surface area contributed by atoms with E-state index >= 15 is 0 Å². The van der Waals surface area contributed by atoms with E-state index in [0.29, 0.717) is 13.1 Å². The molecule has 0 fully saturated rings. The molecule has 0 spiro atoms. The Morgan fingerprint density at radius 3 is 2.25 bits per heavy atom. The molecule has 0 aromatic carbocycles. The molecule has 2 N–H and O–H groups in total. The number of amides is 1. The first-order chi connectivity index (χ1) is 7.36. The van der Waals surface area contributed by atoms with Crippen LogP contribution in [-0.2, 0) is 9.59 Å². The number of nitrogens with one attached hydrogen (secondary N) is 1. The van der Waals surface area contributed by atoms with E-state index in [1.54, 1.807) is 18.7 Å². The fraction of sp³-hybridized carbons (Fsp3) is 0.818. The standard InChI is InChI=1S/C11H22N2O3/c1-5-7-12-9(14)8-13(6-2)11(3,4)10(15)16/h5-8H2,1-4H3,(H,12,14)(H,15,16). The van der Waals surface area contributed by atoms with E-state index in [-0.39, 0.29) is 12.5 Å². The van der Waals surface area contributed by atoms with Crippen LogP contribution in [0.4, 0.5) is 0 Å². The van der Waals surface area contributed by atoms with Gasteiger partial charge < -0.3 is 10.4 Å². The number of carbonyl (C=O) groups excluding carboxylic acids is 1. The van der Waals surface area contributed by atoms with Gasteiger partial charge >= 0.3 is 5.97 Å². The SMILES string of the molecule is CCCNC(=O)CN(CC)C(C)(C)C(=O)O. The molecule has 0 saturated carbocycles. The zero-order chi connectivity index (χ0) is 12.8. The van der Waals surface area contributed by atoms with Crippen LogP contribution in [0.15, 0.2) is 0 Å². The molecule has 94 valence electrons. The van der Waals surface area contributed by atoms with Crippen LogP contribution in [0.3, 0.4) is 0 Å². The van der Waals surface area contributed by atoms with Gasteiger partial charge in [0, 0.05) is 6.54 Å². The average molecular weight is 230 g/mol. The number of likely N-dealkylation sites (N-methyl/N-ethyl adjacent to an activating group) is 1. The van der Waals surface area contributed by atoms with Gasteiger partial charge in [-0.3, -0.25) is 14.5 Å². The van der Waals surface area contributed by atoms with E-state index in [1.807, 2.05) is 13.8 Å². The Bertz CT molecular complexity index is 252. The molecule has 0 rings (SSSR count). The monoisotopic (exact) mass is 230 g/mol. The third-order valence-corrected chi connectivity index (χ3v) is 2.60. The van der Waals surface area contributed by atoms with Crippen LogP contribution >= 0.6 is 0 Å². The minimum absolute atomic E-state index is 0.121.